The van der Waals surface area contributed by atoms with Crippen molar-refractivity contribution in [2.24, 2.45) is 17.3 Å². The second-order valence-electron chi connectivity index (χ2n) is 4.78. The van der Waals surface area contributed by atoms with Crippen LogP contribution in [0.5, 0.6) is 0 Å². The van der Waals surface area contributed by atoms with Gasteiger partial charge in [0.1, 0.15) is 0 Å². The molecule has 0 heterocycles. The van der Waals surface area contributed by atoms with Crippen molar-refractivity contribution in [2.45, 2.75) is 47.0 Å². The summed E-state index contributed by atoms with van der Waals surface area (Å²) in [6.45, 7) is 9.60. The highest BCUT2D eigenvalue weighted by Crippen LogP contribution is 2.42. The first-order valence-corrected chi connectivity index (χ1v) is 4.52. The number of rotatable bonds is 0. The maximum Gasteiger partial charge on any atom is -0.0326 e. The zero-order chi connectivity index (χ0) is 7.78. The molecule has 1 aliphatic carbocycles. The Kier molecular flexibility index (Phi) is 2.07. The van der Waals surface area contributed by atoms with Gasteiger partial charge in [-0.05, 0) is 30.1 Å². The van der Waals surface area contributed by atoms with E-state index < -0.39 is 0 Å². The highest BCUT2D eigenvalue weighted by atomic mass is 14.4. The van der Waals surface area contributed by atoms with Crippen molar-refractivity contribution >= 4 is 0 Å². The van der Waals surface area contributed by atoms with Gasteiger partial charge < -0.3 is 0 Å². The monoisotopic (exact) mass is 140 g/mol. The van der Waals surface area contributed by atoms with Crippen LogP contribution in [0, 0.1) is 17.3 Å². The van der Waals surface area contributed by atoms with E-state index >= 15 is 0 Å². The first-order chi connectivity index (χ1) is 4.52. The Labute approximate surface area is 65.0 Å². The predicted molar refractivity (Wildman–Crippen MR) is 46.0 cm³/mol. The molecule has 1 fully saturated rings. The third-order valence-corrected chi connectivity index (χ3v) is 3.30. The molecule has 0 radical (unpaired) electrons. The minimum Gasteiger partial charge on any atom is -0.0625 e. The molecule has 0 aliphatic heterocycles. The van der Waals surface area contributed by atoms with E-state index in [1.165, 1.54) is 19.3 Å². The smallest absolute Gasteiger partial charge is 0.0326 e. The first-order valence-electron chi connectivity index (χ1n) is 4.52. The van der Waals surface area contributed by atoms with Gasteiger partial charge in [-0.2, -0.15) is 0 Å². The number of hydrogen-bond acceptors (Lipinski definition) is 0. The highest BCUT2D eigenvalue weighted by molar-refractivity contribution is 4.82. The fourth-order valence-electron chi connectivity index (χ4n) is 2.13. The van der Waals surface area contributed by atoms with Crippen LogP contribution in [0.3, 0.4) is 0 Å². The van der Waals surface area contributed by atoms with E-state index in [1.54, 1.807) is 0 Å². The van der Waals surface area contributed by atoms with Gasteiger partial charge in [-0.1, -0.05) is 34.1 Å². The molecule has 0 aromatic heterocycles. The van der Waals surface area contributed by atoms with Crippen molar-refractivity contribution in [1.82, 2.24) is 0 Å². The summed E-state index contributed by atoms with van der Waals surface area (Å²) >= 11 is 0. The molecule has 0 saturated heterocycles. The van der Waals surface area contributed by atoms with Crippen LogP contribution in [-0.4, -0.2) is 0 Å². The van der Waals surface area contributed by atoms with Gasteiger partial charge in [-0.3, -0.25) is 0 Å². The number of hydrogen-bond donors (Lipinski definition) is 0. The molecule has 0 aromatic carbocycles. The lowest BCUT2D eigenvalue weighted by atomic mass is 9.66. The second kappa shape index (κ2) is 2.56. The molecule has 1 saturated carbocycles. The molecule has 0 nitrogen and oxygen atoms in total. The van der Waals surface area contributed by atoms with Crippen LogP contribution < -0.4 is 0 Å². The normalized spacial score (nSPS) is 39.6. The quantitative estimate of drug-likeness (QED) is 0.483. The Morgan fingerprint density at radius 1 is 1.10 bits per heavy atom. The average molecular weight is 140 g/mol. The van der Waals surface area contributed by atoms with E-state index in [1.807, 2.05) is 0 Å². The molecule has 10 heavy (non-hydrogen) atoms. The molecular formula is C10H20. The Morgan fingerprint density at radius 2 is 1.70 bits per heavy atom. The van der Waals surface area contributed by atoms with E-state index in [-0.39, 0.29) is 0 Å². The van der Waals surface area contributed by atoms with E-state index in [4.69, 9.17) is 0 Å². The van der Waals surface area contributed by atoms with Gasteiger partial charge >= 0.3 is 0 Å². The van der Waals surface area contributed by atoms with Crippen molar-refractivity contribution in [1.29, 1.82) is 0 Å². The SMILES string of the molecule is CC1CCC(C)C(C)(C)C1. The summed E-state index contributed by atoms with van der Waals surface area (Å²) in [4.78, 5) is 0. The third-order valence-electron chi connectivity index (χ3n) is 3.30. The van der Waals surface area contributed by atoms with Gasteiger partial charge in [0.05, 0.1) is 0 Å². The minimum absolute atomic E-state index is 0.609. The molecule has 0 amide bonds. The lowest BCUT2D eigenvalue weighted by Crippen LogP contribution is -2.29. The van der Waals surface area contributed by atoms with Crippen LogP contribution >= 0.6 is 0 Å². The molecule has 0 aromatic rings. The Hall–Kier alpha value is 0. The second-order valence-corrected chi connectivity index (χ2v) is 4.78. The summed E-state index contributed by atoms with van der Waals surface area (Å²) in [7, 11) is 0. The van der Waals surface area contributed by atoms with E-state index in [2.05, 4.69) is 27.7 Å². The summed E-state index contributed by atoms with van der Waals surface area (Å²) in [5.74, 6) is 1.90. The molecule has 0 N–H and O–H groups in total. The zero-order valence-electron chi connectivity index (χ0n) is 7.78. The van der Waals surface area contributed by atoms with Crippen molar-refractivity contribution < 1.29 is 0 Å². The van der Waals surface area contributed by atoms with E-state index in [9.17, 15) is 0 Å². The Balaban J connectivity index is 2.55. The van der Waals surface area contributed by atoms with Gasteiger partial charge in [0.15, 0.2) is 0 Å². The zero-order valence-corrected chi connectivity index (χ0v) is 7.78. The molecular weight excluding hydrogens is 120 g/mol. The van der Waals surface area contributed by atoms with Crippen LogP contribution in [0.15, 0.2) is 0 Å². The predicted octanol–water partition coefficient (Wildman–Crippen LogP) is 3.47. The summed E-state index contributed by atoms with van der Waals surface area (Å²) < 4.78 is 0. The van der Waals surface area contributed by atoms with Crippen LogP contribution in [0.1, 0.15) is 47.0 Å². The largest absolute Gasteiger partial charge is 0.0625 e. The highest BCUT2D eigenvalue weighted by Gasteiger charge is 2.31. The topological polar surface area (TPSA) is 0 Å². The minimum atomic E-state index is 0.609. The van der Waals surface area contributed by atoms with E-state index in [0.717, 1.165) is 11.8 Å². The van der Waals surface area contributed by atoms with Crippen LogP contribution in [0.2, 0.25) is 0 Å². The lowest BCUT2D eigenvalue weighted by Gasteiger charge is -2.39. The average Bonchev–Trinajstić information content (AvgIpc) is 1.78. The molecule has 0 bridgehead atoms. The van der Waals surface area contributed by atoms with Gasteiger partial charge in [0.2, 0.25) is 0 Å². The Bertz CT molecular complexity index is 113. The van der Waals surface area contributed by atoms with Crippen LogP contribution in [-0.2, 0) is 0 Å². The summed E-state index contributed by atoms with van der Waals surface area (Å²) in [5.41, 5.74) is 0.609. The van der Waals surface area contributed by atoms with Crippen molar-refractivity contribution in [2.75, 3.05) is 0 Å². The fourth-order valence-corrected chi connectivity index (χ4v) is 2.13. The molecule has 0 spiro atoms. The molecule has 1 rings (SSSR count). The van der Waals surface area contributed by atoms with Crippen molar-refractivity contribution in [3.05, 3.63) is 0 Å². The Morgan fingerprint density at radius 3 is 2.10 bits per heavy atom. The molecule has 0 heteroatoms. The van der Waals surface area contributed by atoms with Crippen LogP contribution in [0.4, 0.5) is 0 Å². The van der Waals surface area contributed by atoms with Crippen molar-refractivity contribution in [3.63, 3.8) is 0 Å². The van der Waals surface area contributed by atoms with Gasteiger partial charge in [-0.15, -0.1) is 0 Å². The first kappa shape index (κ1) is 8.10. The fraction of sp³-hybridized carbons (Fsp3) is 1.00. The third kappa shape index (κ3) is 1.53. The lowest BCUT2D eigenvalue weighted by molar-refractivity contribution is 0.115. The summed E-state index contributed by atoms with van der Waals surface area (Å²) in [6.07, 6.45) is 4.31. The van der Waals surface area contributed by atoms with Crippen LogP contribution in [0.25, 0.3) is 0 Å². The molecule has 2 unspecified atom stereocenters. The van der Waals surface area contributed by atoms with Crippen molar-refractivity contribution in [3.8, 4) is 0 Å². The molecule has 1 aliphatic rings. The summed E-state index contributed by atoms with van der Waals surface area (Å²) in [6, 6.07) is 0. The summed E-state index contributed by atoms with van der Waals surface area (Å²) in [5, 5.41) is 0. The molecule has 60 valence electrons. The van der Waals surface area contributed by atoms with Gasteiger partial charge in [-0.25, -0.2) is 0 Å². The van der Waals surface area contributed by atoms with Gasteiger partial charge in [0.25, 0.3) is 0 Å². The maximum atomic E-state index is 2.41. The molecule has 2 atom stereocenters. The standard InChI is InChI=1S/C10H20/c1-8-5-6-9(2)10(3,4)7-8/h8-9H,5-7H2,1-4H3. The van der Waals surface area contributed by atoms with Gasteiger partial charge in [0, 0.05) is 0 Å². The van der Waals surface area contributed by atoms with E-state index in [0.29, 0.717) is 5.41 Å². The maximum absolute atomic E-state index is 2.41.